The summed E-state index contributed by atoms with van der Waals surface area (Å²) in [6.07, 6.45) is 0. The van der Waals surface area contributed by atoms with E-state index in [0.29, 0.717) is 0 Å². The number of hydrogen-bond acceptors (Lipinski definition) is 3. The fraction of sp³-hybridized carbons (Fsp3) is 0.300. The summed E-state index contributed by atoms with van der Waals surface area (Å²) in [5.41, 5.74) is 1.03. The van der Waals surface area contributed by atoms with Crippen molar-refractivity contribution in [2.24, 2.45) is 0 Å². The van der Waals surface area contributed by atoms with Crippen molar-refractivity contribution < 1.29 is 0 Å². The molecule has 4 heteroatoms. The molecule has 1 heterocycles. The van der Waals surface area contributed by atoms with E-state index in [9.17, 15) is 0 Å². The number of fused-ring (bicyclic) bond motifs is 1. The van der Waals surface area contributed by atoms with Gasteiger partial charge in [-0.05, 0) is 25.1 Å². The van der Waals surface area contributed by atoms with Crippen LogP contribution in [0, 0.1) is 11.3 Å². The minimum absolute atomic E-state index is 0.0244. The number of anilines is 1. The van der Waals surface area contributed by atoms with Crippen molar-refractivity contribution >= 4 is 29.1 Å². The zero-order valence-electron chi connectivity index (χ0n) is 7.62. The van der Waals surface area contributed by atoms with Crippen LogP contribution in [0.2, 0.25) is 5.02 Å². The molecule has 1 aliphatic heterocycles. The van der Waals surface area contributed by atoms with Crippen LogP contribution in [-0.2, 0) is 0 Å². The molecule has 0 fully saturated rings. The summed E-state index contributed by atoms with van der Waals surface area (Å²) in [5.74, 6) is 0. The Kier molecular flexibility index (Phi) is 2.58. The Labute approximate surface area is 92.3 Å². The third kappa shape index (κ3) is 1.68. The molecule has 1 N–H and O–H groups in total. The van der Waals surface area contributed by atoms with Crippen molar-refractivity contribution in [3.05, 3.63) is 23.2 Å². The van der Waals surface area contributed by atoms with Crippen LogP contribution >= 0.6 is 23.4 Å². The Morgan fingerprint density at radius 2 is 2.36 bits per heavy atom. The molecule has 0 aliphatic carbocycles. The van der Waals surface area contributed by atoms with Crippen LogP contribution < -0.4 is 5.32 Å². The molecular weight excluding hydrogens is 216 g/mol. The van der Waals surface area contributed by atoms with Crippen molar-refractivity contribution in [2.45, 2.75) is 23.1 Å². The quantitative estimate of drug-likeness (QED) is 0.736. The Bertz CT molecular complexity index is 400. The maximum absolute atomic E-state index is 8.90. The van der Waals surface area contributed by atoms with Crippen LogP contribution in [0.15, 0.2) is 23.1 Å². The highest BCUT2D eigenvalue weighted by Crippen LogP contribution is 2.38. The number of hydrogen-bond donors (Lipinski definition) is 1. The van der Waals surface area contributed by atoms with E-state index in [1.54, 1.807) is 11.8 Å². The number of benzene rings is 1. The highest BCUT2D eigenvalue weighted by molar-refractivity contribution is 8.00. The van der Waals surface area contributed by atoms with Crippen LogP contribution in [0.4, 0.5) is 5.69 Å². The van der Waals surface area contributed by atoms with Gasteiger partial charge in [0, 0.05) is 21.6 Å². The summed E-state index contributed by atoms with van der Waals surface area (Å²) in [6, 6.07) is 8.13. The van der Waals surface area contributed by atoms with Gasteiger partial charge in [-0.25, -0.2) is 0 Å². The SMILES string of the molecule is CC1Nc2cc(Cl)ccc2SC1C#N. The van der Waals surface area contributed by atoms with E-state index in [4.69, 9.17) is 16.9 Å². The van der Waals surface area contributed by atoms with Gasteiger partial charge in [0.15, 0.2) is 0 Å². The molecule has 0 bridgehead atoms. The van der Waals surface area contributed by atoms with Crippen molar-refractivity contribution in [2.75, 3.05) is 5.32 Å². The molecule has 0 aromatic heterocycles. The maximum Gasteiger partial charge on any atom is 0.116 e. The molecule has 2 rings (SSSR count). The fourth-order valence-corrected chi connectivity index (χ4v) is 2.58. The predicted octanol–water partition coefficient (Wildman–Crippen LogP) is 3.14. The number of nitrogens with one attached hydrogen (secondary N) is 1. The number of rotatable bonds is 0. The second kappa shape index (κ2) is 3.72. The smallest absolute Gasteiger partial charge is 0.116 e. The van der Waals surface area contributed by atoms with Gasteiger partial charge in [0.2, 0.25) is 0 Å². The first-order valence-corrected chi connectivity index (χ1v) is 5.59. The summed E-state index contributed by atoms with van der Waals surface area (Å²) in [5, 5.41) is 12.9. The molecule has 0 saturated carbocycles. The average Bonchev–Trinajstić information content (AvgIpc) is 2.16. The van der Waals surface area contributed by atoms with Gasteiger partial charge in [-0.2, -0.15) is 5.26 Å². The van der Waals surface area contributed by atoms with E-state index < -0.39 is 0 Å². The monoisotopic (exact) mass is 224 g/mol. The molecule has 1 aromatic rings. The van der Waals surface area contributed by atoms with Gasteiger partial charge in [-0.1, -0.05) is 11.6 Å². The average molecular weight is 225 g/mol. The van der Waals surface area contributed by atoms with Crippen LogP contribution in [0.5, 0.6) is 0 Å². The fourth-order valence-electron chi connectivity index (χ4n) is 1.42. The van der Waals surface area contributed by atoms with E-state index in [1.807, 2.05) is 25.1 Å². The van der Waals surface area contributed by atoms with Crippen molar-refractivity contribution in [3.8, 4) is 6.07 Å². The molecule has 2 atom stereocenters. The summed E-state index contributed by atoms with van der Waals surface area (Å²) in [7, 11) is 0. The molecule has 0 saturated heterocycles. The highest BCUT2D eigenvalue weighted by atomic mass is 35.5. The third-order valence-corrected chi connectivity index (χ3v) is 3.77. The Morgan fingerprint density at radius 1 is 1.57 bits per heavy atom. The van der Waals surface area contributed by atoms with E-state index in [2.05, 4.69) is 11.4 Å². The van der Waals surface area contributed by atoms with E-state index in [1.165, 1.54) is 0 Å². The third-order valence-electron chi connectivity index (χ3n) is 2.16. The minimum Gasteiger partial charge on any atom is -0.379 e. The lowest BCUT2D eigenvalue weighted by Gasteiger charge is -2.27. The Hall–Kier alpha value is -0.850. The van der Waals surface area contributed by atoms with Gasteiger partial charge in [-0.3, -0.25) is 0 Å². The molecule has 1 aliphatic rings. The molecule has 2 unspecified atom stereocenters. The summed E-state index contributed by atoms with van der Waals surface area (Å²) >= 11 is 7.47. The molecule has 72 valence electrons. The van der Waals surface area contributed by atoms with E-state index in [-0.39, 0.29) is 11.3 Å². The van der Waals surface area contributed by atoms with Crippen LogP contribution in [0.3, 0.4) is 0 Å². The van der Waals surface area contributed by atoms with Gasteiger partial charge >= 0.3 is 0 Å². The first kappa shape index (κ1) is 9.70. The largest absolute Gasteiger partial charge is 0.379 e. The van der Waals surface area contributed by atoms with Crippen LogP contribution in [0.25, 0.3) is 0 Å². The second-order valence-electron chi connectivity index (χ2n) is 3.24. The molecule has 0 radical (unpaired) electrons. The van der Waals surface area contributed by atoms with E-state index in [0.717, 1.165) is 15.6 Å². The Balaban J connectivity index is 2.36. The molecule has 0 amide bonds. The number of thioether (sulfide) groups is 1. The number of nitrogens with zero attached hydrogens (tertiary/aromatic N) is 1. The lowest BCUT2D eigenvalue weighted by Crippen LogP contribution is -2.30. The Morgan fingerprint density at radius 3 is 3.07 bits per heavy atom. The second-order valence-corrected chi connectivity index (χ2v) is 4.86. The standard InChI is InChI=1S/C10H9ClN2S/c1-6-10(5-12)14-9-3-2-7(11)4-8(9)13-6/h2-4,6,10,13H,1H3. The summed E-state index contributed by atoms with van der Waals surface area (Å²) < 4.78 is 0. The molecular formula is C10H9ClN2S. The van der Waals surface area contributed by atoms with E-state index >= 15 is 0 Å². The zero-order valence-corrected chi connectivity index (χ0v) is 9.19. The molecule has 14 heavy (non-hydrogen) atoms. The lowest BCUT2D eigenvalue weighted by atomic mass is 10.2. The van der Waals surface area contributed by atoms with Crippen molar-refractivity contribution in [3.63, 3.8) is 0 Å². The highest BCUT2D eigenvalue weighted by Gasteiger charge is 2.25. The van der Waals surface area contributed by atoms with Gasteiger partial charge in [0.25, 0.3) is 0 Å². The first-order valence-electron chi connectivity index (χ1n) is 4.33. The maximum atomic E-state index is 8.90. The van der Waals surface area contributed by atoms with Crippen LogP contribution in [0.1, 0.15) is 6.92 Å². The van der Waals surface area contributed by atoms with Crippen molar-refractivity contribution in [1.29, 1.82) is 5.26 Å². The zero-order chi connectivity index (χ0) is 10.1. The van der Waals surface area contributed by atoms with Gasteiger partial charge in [-0.15, -0.1) is 11.8 Å². The van der Waals surface area contributed by atoms with Gasteiger partial charge < -0.3 is 5.32 Å². The first-order chi connectivity index (χ1) is 6.70. The predicted molar refractivity (Wildman–Crippen MR) is 59.8 cm³/mol. The molecule has 1 aromatic carbocycles. The summed E-state index contributed by atoms with van der Waals surface area (Å²) in [4.78, 5) is 1.10. The summed E-state index contributed by atoms with van der Waals surface area (Å²) in [6.45, 7) is 2.00. The topological polar surface area (TPSA) is 35.8 Å². The number of nitriles is 1. The van der Waals surface area contributed by atoms with Gasteiger partial charge in [0.1, 0.15) is 5.25 Å². The molecule has 0 spiro atoms. The van der Waals surface area contributed by atoms with Crippen LogP contribution in [-0.4, -0.2) is 11.3 Å². The normalized spacial score (nSPS) is 24.6. The lowest BCUT2D eigenvalue weighted by molar-refractivity contribution is 0.819. The number of halogens is 1. The van der Waals surface area contributed by atoms with Gasteiger partial charge in [0.05, 0.1) is 6.07 Å². The minimum atomic E-state index is -0.0244. The molecule has 2 nitrogen and oxygen atoms in total. The van der Waals surface area contributed by atoms with Crippen molar-refractivity contribution in [1.82, 2.24) is 0 Å².